The highest BCUT2D eigenvalue weighted by molar-refractivity contribution is 6.61. The van der Waals surface area contributed by atoms with Crippen molar-refractivity contribution in [2.75, 3.05) is 25.2 Å². The fourth-order valence-electron chi connectivity index (χ4n) is 1.72. The third-order valence-corrected chi connectivity index (χ3v) is 2.92. The van der Waals surface area contributed by atoms with E-state index in [-0.39, 0.29) is 5.41 Å². The lowest BCUT2D eigenvalue weighted by Gasteiger charge is -2.33. The molecule has 1 fully saturated rings. The Hall–Kier alpha value is -1.60. The summed E-state index contributed by atoms with van der Waals surface area (Å²) in [5, 5.41) is 8.85. The van der Waals surface area contributed by atoms with Crippen molar-refractivity contribution >= 4 is 24.5 Å². The van der Waals surface area contributed by atoms with Crippen LogP contribution >= 0.6 is 0 Å². The fourth-order valence-corrected chi connectivity index (χ4v) is 1.72. The van der Waals surface area contributed by atoms with Crippen LogP contribution in [0, 0.1) is 5.41 Å². The Labute approximate surface area is 112 Å². The lowest BCUT2D eigenvalue weighted by Crippen LogP contribution is -2.47. The second-order valence-corrected chi connectivity index (χ2v) is 5.41. The van der Waals surface area contributed by atoms with Crippen LogP contribution in [0.3, 0.4) is 0 Å². The van der Waals surface area contributed by atoms with E-state index in [0.29, 0.717) is 19.0 Å². The lowest BCUT2D eigenvalue weighted by atomic mass is 9.77. The van der Waals surface area contributed by atoms with E-state index in [1.165, 1.54) is 7.05 Å². The van der Waals surface area contributed by atoms with Gasteiger partial charge in [0.25, 0.3) is 0 Å². The third kappa shape index (κ3) is 3.24. The summed E-state index contributed by atoms with van der Waals surface area (Å²) < 4.78 is 11.3. The number of aromatic nitrogens is 1. The molecule has 0 aromatic carbocycles. The van der Waals surface area contributed by atoms with Crippen LogP contribution in [0.1, 0.15) is 13.8 Å². The van der Waals surface area contributed by atoms with E-state index in [1.807, 2.05) is 0 Å². The monoisotopic (exact) mass is 264 g/mol. The lowest BCUT2D eigenvalue weighted by molar-refractivity contribution is 0.0343. The van der Waals surface area contributed by atoms with Gasteiger partial charge in [0.1, 0.15) is 5.82 Å². The van der Waals surface area contributed by atoms with Gasteiger partial charge in [0.2, 0.25) is 0 Å². The molecule has 1 aromatic rings. The third-order valence-electron chi connectivity index (χ3n) is 2.92. The standard InChI is InChI=1S/C12H17BN2O4/c1-12(2)7-18-13(19-8-12)9-4-5-10(14-6-9)15(3)11(16)17/h4-6H,7-8H2,1-3H3,(H,16,17). The van der Waals surface area contributed by atoms with E-state index >= 15 is 0 Å². The number of pyridine rings is 1. The molecular weight excluding hydrogens is 247 g/mol. The summed E-state index contributed by atoms with van der Waals surface area (Å²) in [6, 6.07) is 3.40. The highest BCUT2D eigenvalue weighted by atomic mass is 16.6. The average molecular weight is 264 g/mol. The van der Waals surface area contributed by atoms with Gasteiger partial charge in [-0.1, -0.05) is 19.9 Å². The van der Waals surface area contributed by atoms with Gasteiger partial charge in [-0.2, -0.15) is 0 Å². The van der Waals surface area contributed by atoms with E-state index in [0.717, 1.165) is 10.4 Å². The van der Waals surface area contributed by atoms with E-state index < -0.39 is 13.2 Å². The van der Waals surface area contributed by atoms with Gasteiger partial charge in [-0.3, -0.25) is 4.90 Å². The van der Waals surface area contributed by atoms with Gasteiger partial charge >= 0.3 is 13.2 Å². The molecule has 19 heavy (non-hydrogen) atoms. The van der Waals surface area contributed by atoms with Crippen molar-refractivity contribution in [1.29, 1.82) is 0 Å². The fraction of sp³-hybridized carbons (Fsp3) is 0.500. The first-order valence-corrected chi connectivity index (χ1v) is 6.05. The Morgan fingerprint density at radius 1 is 1.42 bits per heavy atom. The molecule has 0 spiro atoms. The van der Waals surface area contributed by atoms with Crippen LogP contribution in [-0.2, 0) is 9.31 Å². The molecule has 2 heterocycles. The number of hydrogen-bond donors (Lipinski definition) is 1. The molecule has 0 aliphatic carbocycles. The summed E-state index contributed by atoms with van der Waals surface area (Å²) in [5.41, 5.74) is 0.811. The Morgan fingerprint density at radius 2 is 2.05 bits per heavy atom. The summed E-state index contributed by atoms with van der Waals surface area (Å²) >= 11 is 0. The normalized spacial score (nSPS) is 18.2. The van der Waals surface area contributed by atoms with Gasteiger partial charge in [0.15, 0.2) is 0 Å². The molecule has 1 aliphatic heterocycles. The minimum Gasteiger partial charge on any atom is -0.465 e. The molecule has 0 unspecified atom stereocenters. The zero-order valence-corrected chi connectivity index (χ0v) is 11.3. The predicted molar refractivity (Wildman–Crippen MR) is 71.7 cm³/mol. The Kier molecular flexibility index (Phi) is 3.77. The molecule has 0 saturated carbocycles. The number of nitrogens with zero attached hydrogens (tertiary/aromatic N) is 2. The zero-order chi connectivity index (χ0) is 14.0. The molecule has 1 aliphatic rings. The Balaban J connectivity index is 2.05. The molecule has 1 saturated heterocycles. The van der Waals surface area contributed by atoms with Crippen molar-refractivity contribution in [3.63, 3.8) is 0 Å². The minimum atomic E-state index is -1.05. The van der Waals surface area contributed by atoms with Crippen molar-refractivity contribution in [1.82, 2.24) is 4.98 Å². The van der Waals surface area contributed by atoms with Gasteiger partial charge in [0.05, 0.1) is 0 Å². The van der Waals surface area contributed by atoms with Crippen LogP contribution in [0.5, 0.6) is 0 Å². The van der Waals surface area contributed by atoms with E-state index in [1.54, 1.807) is 18.3 Å². The number of anilines is 1. The Bertz CT molecular complexity index is 453. The molecule has 6 nitrogen and oxygen atoms in total. The number of rotatable bonds is 2. The van der Waals surface area contributed by atoms with Gasteiger partial charge in [-0.05, 0) is 6.07 Å². The molecule has 0 radical (unpaired) electrons. The quantitative estimate of drug-likeness (QED) is 0.805. The first-order valence-electron chi connectivity index (χ1n) is 6.05. The van der Waals surface area contributed by atoms with Gasteiger partial charge in [-0.15, -0.1) is 0 Å². The van der Waals surface area contributed by atoms with Crippen LogP contribution in [0.25, 0.3) is 0 Å². The SMILES string of the molecule is CN(C(=O)O)c1ccc(B2OCC(C)(C)CO2)cn1. The molecule has 7 heteroatoms. The predicted octanol–water partition coefficient (Wildman–Crippen LogP) is 0.964. The van der Waals surface area contributed by atoms with Crippen molar-refractivity contribution in [2.45, 2.75) is 13.8 Å². The van der Waals surface area contributed by atoms with E-state index in [2.05, 4.69) is 18.8 Å². The molecule has 1 amide bonds. The summed E-state index contributed by atoms with van der Waals surface area (Å²) in [6.45, 7) is 5.39. The molecule has 1 N–H and O–H groups in total. The van der Waals surface area contributed by atoms with Crippen LogP contribution < -0.4 is 10.4 Å². The first-order chi connectivity index (χ1) is 8.89. The van der Waals surface area contributed by atoms with Gasteiger partial charge < -0.3 is 14.4 Å². The topological polar surface area (TPSA) is 71.9 Å². The maximum atomic E-state index is 10.8. The van der Waals surface area contributed by atoms with Gasteiger partial charge in [0, 0.05) is 37.3 Å². The van der Waals surface area contributed by atoms with Crippen LogP contribution in [0.2, 0.25) is 0 Å². The molecule has 102 valence electrons. The number of carbonyl (C=O) groups is 1. The van der Waals surface area contributed by atoms with E-state index in [4.69, 9.17) is 14.4 Å². The summed E-state index contributed by atoms with van der Waals surface area (Å²) in [7, 11) is 1.02. The largest absolute Gasteiger partial charge is 0.495 e. The highest BCUT2D eigenvalue weighted by Crippen LogP contribution is 2.21. The van der Waals surface area contributed by atoms with Crippen molar-refractivity contribution in [3.05, 3.63) is 18.3 Å². The second-order valence-electron chi connectivity index (χ2n) is 5.41. The van der Waals surface area contributed by atoms with Crippen molar-refractivity contribution in [3.8, 4) is 0 Å². The molecule has 0 atom stereocenters. The number of amides is 1. The van der Waals surface area contributed by atoms with Crippen molar-refractivity contribution in [2.24, 2.45) is 5.41 Å². The number of carboxylic acid groups (broad SMARTS) is 1. The molecule has 0 bridgehead atoms. The first kappa shape index (κ1) is 13.8. The van der Waals surface area contributed by atoms with Crippen LogP contribution in [0.15, 0.2) is 18.3 Å². The maximum Gasteiger partial charge on any atom is 0.495 e. The van der Waals surface area contributed by atoms with Crippen LogP contribution in [0.4, 0.5) is 10.6 Å². The summed E-state index contributed by atoms with van der Waals surface area (Å²) in [6.07, 6.45) is 0.532. The zero-order valence-electron chi connectivity index (χ0n) is 11.3. The minimum absolute atomic E-state index is 0.0212. The molecular formula is C12H17BN2O4. The highest BCUT2D eigenvalue weighted by Gasteiger charge is 2.33. The molecule has 1 aromatic heterocycles. The smallest absolute Gasteiger partial charge is 0.465 e. The van der Waals surface area contributed by atoms with E-state index in [9.17, 15) is 4.79 Å². The molecule has 2 rings (SSSR count). The van der Waals surface area contributed by atoms with Crippen LogP contribution in [-0.4, -0.2) is 43.6 Å². The summed E-state index contributed by atoms with van der Waals surface area (Å²) in [4.78, 5) is 15.9. The Morgan fingerprint density at radius 3 is 2.53 bits per heavy atom. The second kappa shape index (κ2) is 5.18. The van der Waals surface area contributed by atoms with Gasteiger partial charge in [-0.25, -0.2) is 9.78 Å². The average Bonchev–Trinajstić information content (AvgIpc) is 2.38. The van der Waals surface area contributed by atoms with Crippen molar-refractivity contribution < 1.29 is 19.2 Å². The number of hydrogen-bond acceptors (Lipinski definition) is 4. The summed E-state index contributed by atoms with van der Waals surface area (Å²) in [5.74, 6) is 0.368. The maximum absolute atomic E-state index is 10.8.